The molecule has 0 amide bonds. The molecule has 5 aromatic rings. The van der Waals surface area contributed by atoms with Crippen LogP contribution >= 0.6 is 0 Å². The normalized spacial score (nSPS) is 15.5. The maximum absolute atomic E-state index is 13.5. The molecule has 1 aliphatic rings. The predicted molar refractivity (Wildman–Crippen MR) is 166 cm³/mol. The summed E-state index contributed by atoms with van der Waals surface area (Å²) < 4.78 is 42.2. The number of morpholine rings is 1. The summed E-state index contributed by atoms with van der Waals surface area (Å²) in [6.07, 6.45) is -0.220. The number of carbonyl (C=O) groups excluding carboxylic acids is 1. The van der Waals surface area contributed by atoms with Crippen molar-refractivity contribution in [3.63, 3.8) is 0 Å². The van der Waals surface area contributed by atoms with Crippen LogP contribution in [0.5, 0.6) is 0 Å². The molecule has 0 radical (unpaired) electrons. The number of sulfonamides is 1. The molecule has 0 aliphatic carbocycles. The molecule has 4 N–H and O–H groups in total. The number of fused-ring (bicyclic) bond motifs is 2. The van der Waals surface area contributed by atoms with Crippen LogP contribution in [0.3, 0.4) is 0 Å². The van der Waals surface area contributed by atoms with E-state index in [1.807, 2.05) is 60.7 Å². The third-order valence-electron chi connectivity index (χ3n) is 7.37. The summed E-state index contributed by atoms with van der Waals surface area (Å²) in [6, 6.07) is 25.9. The second-order valence-corrected chi connectivity index (χ2v) is 12.3. The number of nitrogens with one attached hydrogen (secondary N) is 2. The Morgan fingerprint density at radius 2 is 1.86 bits per heavy atom. The van der Waals surface area contributed by atoms with Gasteiger partial charge in [-0.15, -0.1) is 0 Å². The second-order valence-electron chi connectivity index (χ2n) is 10.5. The van der Waals surface area contributed by atoms with Crippen molar-refractivity contribution in [2.45, 2.75) is 24.9 Å². The van der Waals surface area contributed by atoms with Crippen LogP contribution in [0.15, 0.2) is 84.9 Å². The number of carbonyl (C=O) groups is 1. The molecule has 0 bridgehead atoms. The van der Waals surface area contributed by atoms with Crippen molar-refractivity contribution in [1.29, 1.82) is 0 Å². The number of hydrogen-bond donors (Lipinski definition) is 3. The molecule has 10 nitrogen and oxygen atoms in total. The first-order chi connectivity index (χ1) is 20.9. The summed E-state index contributed by atoms with van der Waals surface area (Å²) in [5.74, 6) is -0.647. The third-order valence-corrected chi connectivity index (χ3v) is 8.63. The van der Waals surface area contributed by atoms with E-state index in [1.165, 1.54) is 0 Å². The van der Waals surface area contributed by atoms with E-state index >= 15 is 0 Å². The van der Waals surface area contributed by atoms with Crippen molar-refractivity contribution < 1.29 is 22.7 Å². The highest BCUT2D eigenvalue weighted by Crippen LogP contribution is 2.29. The number of aromatic nitrogens is 2. The number of pyridine rings is 1. The van der Waals surface area contributed by atoms with Crippen LogP contribution in [-0.4, -0.2) is 56.3 Å². The Morgan fingerprint density at radius 1 is 1.05 bits per heavy atom. The van der Waals surface area contributed by atoms with Crippen LogP contribution in [0.25, 0.3) is 21.8 Å². The number of nitrogens with two attached hydrogens (primary N) is 1. The van der Waals surface area contributed by atoms with Gasteiger partial charge in [0, 0.05) is 30.7 Å². The lowest BCUT2D eigenvalue weighted by molar-refractivity contribution is -0.0218. The van der Waals surface area contributed by atoms with Gasteiger partial charge in [0.25, 0.3) is 0 Å². The van der Waals surface area contributed by atoms with E-state index in [0.717, 1.165) is 28.3 Å². The fraction of sp³-hybridized carbons (Fsp3) is 0.250. The number of hydrogen-bond acceptors (Lipinski definition) is 8. The van der Waals surface area contributed by atoms with E-state index in [4.69, 9.17) is 20.2 Å². The first-order valence-electron chi connectivity index (χ1n) is 14.1. The average molecular weight is 600 g/mol. The fourth-order valence-electron chi connectivity index (χ4n) is 5.34. The molecular weight excluding hydrogens is 566 g/mol. The number of nitrogens with zero attached hydrogens (tertiary/aromatic N) is 2. The van der Waals surface area contributed by atoms with Crippen molar-refractivity contribution >= 4 is 43.5 Å². The van der Waals surface area contributed by atoms with Crippen LogP contribution in [0.1, 0.15) is 27.3 Å². The Morgan fingerprint density at radius 3 is 2.65 bits per heavy atom. The minimum Gasteiger partial charge on any atom is -0.458 e. The second kappa shape index (κ2) is 12.5. The van der Waals surface area contributed by atoms with Crippen molar-refractivity contribution in [3.05, 3.63) is 107 Å². The number of benzene rings is 3. The molecule has 0 spiro atoms. The molecule has 0 saturated carbocycles. The molecule has 43 heavy (non-hydrogen) atoms. The lowest BCUT2D eigenvalue weighted by Gasteiger charge is -2.23. The minimum absolute atomic E-state index is 0.121. The third kappa shape index (κ3) is 6.70. The molecular formula is C32H33N5O5S. The summed E-state index contributed by atoms with van der Waals surface area (Å²) >= 11 is 0. The van der Waals surface area contributed by atoms with E-state index < -0.39 is 16.0 Å². The summed E-state index contributed by atoms with van der Waals surface area (Å²) in [6.45, 7) is 2.54. The molecule has 3 heterocycles. The molecule has 1 aliphatic heterocycles. The molecule has 1 unspecified atom stereocenters. The smallest absolute Gasteiger partial charge is 0.355 e. The van der Waals surface area contributed by atoms with Gasteiger partial charge in [0.2, 0.25) is 10.0 Å². The molecule has 11 heteroatoms. The van der Waals surface area contributed by atoms with Crippen molar-refractivity contribution in [2.75, 3.05) is 31.0 Å². The van der Waals surface area contributed by atoms with E-state index in [0.29, 0.717) is 41.4 Å². The van der Waals surface area contributed by atoms with Crippen molar-refractivity contribution in [1.82, 2.24) is 14.9 Å². The van der Waals surface area contributed by atoms with Gasteiger partial charge in [-0.1, -0.05) is 54.6 Å². The predicted octanol–water partition coefficient (Wildman–Crippen LogP) is 3.78. The molecule has 1 saturated heterocycles. The Labute approximate surface area is 249 Å². The van der Waals surface area contributed by atoms with E-state index in [2.05, 4.69) is 10.0 Å². The lowest BCUT2D eigenvalue weighted by Crippen LogP contribution is -2.41. The molecule has 2 aromatic heterocycles. The fourth-order valence-corrected chi connectivity index (χ4v) is 6.52. The van der Waals surface area contributed by atoms with Crippen LogP contribution < -0.4 is 15.8 Å². The van der Waals surface area contributed by atoms with Crippen molar-refractivity contribution in [2.24, 2.45) is 5.73 Å². The molecule has 1 atom stereocenters. The van der Waals surface area contributed by atoms with Crippen LogP contribution in [0.4, 0.5) is 5.69 Å². The van der Waals surface area contributed by atoms with Crippen LogP contribution in [0.2, 0.25) is 0 Å². The van der Waals surface area contributed by atoms with Gasteiger partial charge >= 0.3 is 5.97 Å². The molecule has 1 fully saturated rings. The Balaban J connectivity index is 1.36. The Bertz CT molecular complexity index is 1870. The van der Waals surface area contributed by atoms with Gasteiger partial charge < -0.3 is 25.1 Å². The number of anilines is 1. The highest BCUT2D eigenvalue weighted by atomic mass is 32.2. The van der Waals surface area contributed by atoms with E-state index in [9.17, 15) is 13.2 Å². The van der Waals surface area contributed by atoms with Gasteiger partial charge in [-0.05, 0) is 52.2 Å². The number of ether oxygens (including phenoxy) is 2. The van der Waals surface area contributed by atoms with Gasteiger partial charge in [-0.25, -0.2) is 18.2 Å². The molecule has 222 valence electrons. The largest absolute Gasteiger partial charge is 0.458 e. The maximum atomic E-state index is 13.5. The van der Waals surface area contributed by atoms with Crippen LogP contribution in [-0.2, 0) is 38.3 Å². The lowest BCUT2D eigenvalue weighted by atomic mass is 10.0. The summed E-state index contributed by atoms with van der Waals surface area (Å²) in [5.41, 5.74) is 9.43. The summed E-state index contributed by atoms with van der Waals surface area (Å²) in [7, 11) is -3.69. The first kappa shape index (κ1) is 28.8. The van der Waals surface area contributed by atoms with Gasteiger partial charge in [0.1, 0.15) is 24.1 Å². The zero-order valence-electron chi connectivity index (χ0n) is 23.5. The standard InChI is InChI=1S/C32H33N5O5S/c33-17-26-11-10-24-16-30(32(38)42-20-28-18-34-12-13-41-28)37(31(24)35-26)19-25-15-27(14-23-8-4-5-9-29(23)25)36-43(39,40)21-22-6-2-1-3-7-22/h1-11,14-16,28,34,36H,12-13,17-21,33H2. The Hall–Kier alpha value is -4.29. The monoisotopic (exact) mass is 599 g/mol. The number of rotatable bonds is 10. The zero-order chi connectivity index (χ0) is 29.8. The van der Waals surface area contributed by atoms with E-state index in [1.54, 1.807) is 28.8 Å². The summed E-state index contributed by atoms with van der Waals surface area (Å²) in [4.78, 5) is 18.2. The highest BCUT2D eigenvalue weighted by Gasteiger charge is 2.22. The highest BCUT2D eigenvalue weighted by molar-refractivity contribution is 7.91. The van der Waals surface area contributed by atoms with Crippen molar-refractivity contribution in [3.8, 4) is 0 Å². The molecule has 3 aromatic carbocycles. The quantitative estimate of drug-likeness (QED) is 0.206. The van der Waals surface area contributed by atoms with Gasteiger partial charge in [0.05, 0.1) is 24.6 Å². The topological polar surface area (TPSA) is 138 Å². The number of esters is 1. The maximum Gasteiger partial charge on any atom is 0.355 e. The minimum atomic E-state index is -3.69. The SMILES string of the molecule is NCc1ccc2cc(C(=O)OCC3CNCCO3)n(Cc3cc(NS(=O)(=O)Cc4ccccc4)cc4ccccc34)c2n1. The van der Waals surface area contributed by atoms with Gasteiger partial charge in [-0.3, -0.25) is 4.72 Å². The summed E-state index contributed by atoms with van der Waals surface area (Å²) in [5, 5.41) is 5.78. The van der Waals surface area contributed by atoms with Gasteiger partial charge in [0.15, 0.2) is 0 Å². The van der Waals surface area contributed by atoms with E-state index in [-0.39, 0.29) is 31.6 Å². The Kier molecular flexibility index (Phi) is 8.39. The van der Waals surface area contributed by atoms with Crippen LogP contribution in [0, 0.1) is 0 Å². The molecule has 6 rings (SSSR count). The average Bonchev–Trinajstić information content (AvgIpc) is 3.37. The van der Waals surface area contributed by atoms with Gasteiger partial charge in [-0.2, -0.15) is 0 Å². The zero-order valence-corrected chi connectivity index (χ0v) is 24.3. The first-order valence-corrected chi connectivity index (χ1v) is 15.8.